The van der Waals surface area contributed by atoms with E-state index in [9.17, 15) is 0 Å². The Morgan fingerprint density at radius 2 is 2.25 bits per heavy atom. The fraction of sp³-hybridized carbons (Fsp3) is 0.250. The molecule has 0 spiro atoms. The summed E-state index contributed by atoms with van der Waals surface area (Å²) in [4.78, 5) is 0. The first kappa shape index (κ1) is 10.1. The van der Waals surface area contributed by atoms with E-state index >= 15 is 0 Å². The van der Waals surface area contributed by atoms with Gasteiger partial charge in [0.2, 0.25) is 0 Å². The van der Waals surface area contributed by atoms with Gasteiger partial charge in [-0.25, -0.2) is 0 Å². The topological polar surface area (TPSA) is 35.2 Å². The first-order valence-corrected chi connectivity index (χ1v) is 4.97. The molecule has 0 saturated carbocycles. The summed E-state index contributed by atoms with van der Waals surface area (Å²) < 4.78 is 6.29. The molecule has 0 aliphatic carbocycles. The molecule has 0 bridgehead atoms. The number of hydrogen-bond donors (Lipinski definition) is 1. The molecule has 0 radical (unpaired) electrons. The minimum atomic E-state index is 0.527. The Morgan fingerprint density at radius 1 is 1.50 bits per heavy atom. The Bertz CT molecular complexity index is 267. The first-order valence-electron chi connectivity index (χ1n) is 3.52. The van der Waals surface area contributed by atoms with Crippen molar-refractivity contribution in [1.29, 1.82) is 0 Å². The maximum absolute atomic E-state index is 5.83. The van der Waals surface area contributed by atoms with Crippen LogP contribution in [0.25, 0.3) is 0 Å². The zero-order valence-corrected chi connectivity index (χ0v) is 9.30. The molecule has 2 N–H and O–H groups in total. The van der Waals surface area contributed by atoms with Crippen LogP contribution in [0.15, 0.2) is 18.2 Å². The highest BCUT2D eigenvalue weighted by Gasteiger charge is 1.98. The van der Waals surface area contributed by atoms with Gasteiger partial charge in [-0.1, -0.05) is 11.6 Å². The Balaban J connectivity index is 2.69. The van der Waals surface area contributed by atoms with Crippen molar-refractivity contribution in [3.8, 4) is 5.75 Å². The van der Waals surface area contributed by atoms with E-state index in [1.54, 1.807) is 0 Å². The van der Waals surface area contributed by atoms with Gasteiger partial charge in [-0.05, 0) is 40.8 Å². The Hall–Kier alpha value is -0.000000000000000111. The van der Waals surface area contributed by atoms with Crippen molar-refractivity contribution in [2.45, 2.75) is 0 Å². The van der Waals surface area contributed by atoms with Crippen molar-refractivity contribution < 1.29 is 4.74 Å². The molecule has 66 valence electrons. The number of ether oxygens (including phenoxy) is 1. The second-order valence-corrected chi connectivity index (χ2v) is 3.78. The highest BCUT2D eigenvalue weighted by atomic mass is 127. The average molecular weight is 298 g/mol. The normalized spacial score (nSPS) is 9.92. The molecular formula is C8H9ClINO. The third kappa shape index (κ3) is 2.80. The van der Waals surface area contributed by atoms with Crippen LogP contribution < -0.4 is 10.5 Å². The standard InChI is InChI=1S/C8H9ClINO/c9-7-2-1-6(5-8(7)10)12-4-3-11/h1-2,5H,3-4,11H2. The van der Waals surface area contributed by atoms with Crippen molar-refractivity contribution in [2.75, 3.05) is 13.2 Å². The predicted octanol–water partition coefficient (Wildman–Crippen LogP) is 2.28. The SMILES string of the molecule is NCCOc1ccc(Cl)c(I)c1. The van der Waals surface area contributed by atoms with Gasteiger partial charge in [0, 0.05) is 10.1 Å². The summed E-state index contributed by atoms with van der Waals surface area (Å²) >= 11 is 7.99. The molecule has 2 nitrogen and oxygen atoms in total. The van der Waals surface area contributed by atoms with E-state index in [0.717, 1.165) is 14.3 Å². The van der Waals surface area contributed by atoms with Crippen LogP contribution in [0.4, 0.5) is 0 Å². The second kappa shape index (κ2) is 4.89. The number of hydrogen-bond acceptors (Lipinski definition) is 2. The van der Waals surface area contributed by atoms with Gasteiger partial charge in [0.25, 0.3) is 0 Å². The predicted molar refractivity (Wildman–Crippen MR) is 58.7 cm³/mol. The molecule has 0 unspecified atom stereocenters. The molecule has 0 atom stereocenters. The molecule has 0 saturated heterocycles. The van der Waals surface area contributed by atoms with Crippen molar-refractivity contribution >= 4 is 34.2 Å². The summed E-state index contributed by atoms with van der Waals surface area (Å²) in [7, 11) is 0. The number of benzene rings is 1. The number of nitrogens with two attached hydrogens (primary N) is 1. The highest BCUT2D eigenvalue weighted by molar-refractivity contribution is 14.1. The third-order valence-electron chi connectivity index (χ3n) is 1.28. The summed E-state index contributed by atoms with van der Waals surface area (Å²) in [5.41, 5.74) is 5.29. The van der Waals surface area contributed by atoms with Crippen LogP contribution in [0, 0.1) is 3.57 Å². The largest absolute Gasteiger partial charge is 0.492 e. The molecule has 1 rings (SSSR count). The second-order valence-electron chi connectivity index (χ2n) is 2.21. The van der Waals surface area contributed by atoms with Gasteiger partial charge in [-0.15, -0.1) is 0 Å². The molecule has 12 heavy (non-hydrogen) atoms. The lowest BCUT2D eigenvalue weighted by atomic mass is 10.3. The van der Waals surface area contributed by atoms with E-state index in [2.05, 4.69) is 22.6 Å². The molecule has 4 heteroatoms. The maximum Gasteiger partial charge on any atom is 0.120 e. The van der Waals surface area contributed by atoms with Gasteiger partial charge >= 0.3 is 0 Å². The molecule has 1 aromatic rings. The summed E-state index contributed by atoms with van der Waals surface area (Å²) in [6.07, 6.45) is 0. The van der Waals surface area contributed by atoms with Gasteiger partial charge in [0.15, 0.2) is 0 Å². The van der Waals surface area contributed by atoms with Gasteiger partial charge in [-0.3, -0.25) is 0 Å². The van der Waals surface area contributed by atoms with Crippen LogP contribution in [0.5, 0.6) is 5.75 Å². The van der Waals surface area contributed by atoms with Gasteiger partial charge in [0.1, 0.15) is 12.4 Å². The van der Waals surface area contributed by atoms with Crippen LogP contribution in [0.1, 0.15) is 0 Å². The lowest BCUT2D eigenvalue weighted by molar-refractivity contribution is 0.328. The fourth-order valence-corrected chi connectivity index (χ4v) is 1.35. The fourth-order valence-electron chi connectivity index (χ4n) is 0.743. The molecule has 0 heterocycles. The summed E-state index contributed by atoms with van der Waals surface area (Å²) in [5.74, 6) is 0.814. The molecule has 0 amide bonds. The zero-order chi connectivity index (χ0) is 8.97. The van der Waals surface area contributed by atoms with E-state index in [1.165, 1.54) is 0 Å². The van der Waals surface area contributed by atoms with Crippen LogP contribution in [0.2, 0.25) is 5.02 Å². The van der Waals surface area contributed by atoms with Crippen molar-refractivity contribution in [3.63, 3.8) is 0 Å². The minimum absolute atomic E-state index is 0.527. The Labute approximate surface area is 90.2 Å². The van der Waals surface area contributed by atoms with Crippen LogP contribution in [-0.4, -0.2) is 13.2 Å². The highest BCUT2D eigenvalue weighted by Crippen LogP contribution is 2.23. The third-order valence-corrected chi connectivity index (χ3v) is 2.82. The van der Waals surface area contributed by atoms with Crippen molar-refractivity contribution in [3.05, 3.63) is 26.8 Å². The Morgan fingerprint density at radius 3 is 2.83 bits per heavy atom. The van der Waals surface area contributed by atoms with Crippen molar-refractivity contribution in [1.82, 2.24) is 0 Å². The van der Waals surface area contributed by atoms with E-state index in [-0.39, 0.29) is 0 Å². The van der Waals surface area contributed by atoms with E-state index in [4.69, 9.17) is 22.1 Å². The van der Waals surface area contributed by atoms with Crippen LogP contribution >= 0.6 is 34.2 Å². The minimum Gasteiger partial charge on any atom is -0.492 e. The Kier molecular flexibility index (Phi) is 4.11. The maximum atomic E-state index is 5.83. The average Bonchev–Trinajstić information content (AvgIpc) is 2.07. The number of halogens is 2. The molecule has 0 aliphatic heterocycles. The smallest absolute Gasteiger partial charge is 0.120 e. The lowest BCUT2D eigenvalue weighted by Gasteiger charge is -2.04. The van der Waals surface area contributed by atoms with E-state index in [1.807, 2.05) is 18.2 Å². The van der Waals surface area contributed by atoms with E-state index in [0.29, 0.717) is 13.2 Å². The summed E-state index contributed by atoms with van der Waals surface area (Å²) in [5, 5.41) is 0.746. The molecule has 0 aliphatic rings. The monoisotopic (exact) mass is 297 g/mol. The van der Waals surface area contributed by atoms with E-state index < -0.39 is 0 Å². The number of rotatable bonds is 3. The van der Waals surface area contributed by atoms with Crippen LogP contribution in [-0.2, 0) is 0 Å². The first-order chi connectivity index (χ1) is 5.74. The van der Waals surface area contributed by atoms with Crippen molar-refractivity contribution in [2.24, 2.45) is 5.73 Å². The molecule has 1 aromatic carbocycles. The van der Waals surface area contributed by atoms with Gasteiger partial charge in [-0.2, -0.15) is 0 Å². The quantitative estimate of drug-likeness (QED) is 0.869. The zero-order valence-electron chi connectivity index (χ0n) is 6.39. The molecule has 0 aromatic heterocycles. The summed E-state index contributed by atoms with van der Waals surface area (Å²) in [6, 6.07) is 5.54. The molecule has 0 fully saturated rings. The van der Waals surface area contributed by atoms with Gasteiger partial charge < -0.3 is 10.5 Å². The lowest BCUT2D eigenvalue weighted by Crippen LogP contribution is -2.10. The van der Waals surface area contributed by atoms with Crippen LogP contribution in [0.3, 0.4) is 0 Å². The van der Waals surface area contributed by atoms with Gasteiger partial charge in [0.05, 0.1) is 5.02 Å². The summed E-state index contributed by atoms with van der Waals surface area (Å²) in [6.45, 7) is 1.07. The molecular weight excluding hydrogens is 288 g/mol.